The first-order valence-corrected chi connectivity index (χ1v) is 13.3. The number of benzene rings is 2. The van der Waals surface area contributed by atoms with Crippen LogP contribution in [0.25, 0.3) is 0 Å². The number of amides is 4. The van der Waals surface area contributed by atoms with Crippen molar-refractivity contribution in [3.05, 3.63) is 71.8 Å². The summed E-state index contributed by atoms with van der Waals surface area (Å²) in [4.78, 5) is 51.1. The van der Waals surface area contributed by atoms with Gasteiger partial charge in [0.2, 0.25) is 5.91 Å². The molecule has 0 aromatic heterocycles. The number of nitrogens with one attached hydrogen (secondary N) is 3. The molecule has 0 aliphatic heterocycles. The molecule has 0 saturated heterocycles. The Labute approximate surface area is 234 Å². The highest BCUT2D eigenvalue weighted by molar-refractivity contribution is 5.89. The zero-order chi connectivity index (χ0) is 29.5. The van der Waals surface area contributed by atoms with E-state index in [1.165, 1.54) is 4.90 Å². The van der Waals surface area contributed by atoms with Crippen LogP contribution in [0.2, 0.25) is 0 Å². The van der Waals surface area contributed by atoms with Gasteiger partial charge in [0.05, 0.1) is 25.1 Å². The van der Waals surface area contributed by atoms with Gasteiger partial charge >= 0.3 is 18.1 Å². The van der Waals surface area contributed by atoms with Crippen LogP contribution in [0.1, 0.15) is 38.3 Å². The summed E-state index contributed by atoms with van der Waals surface area (Å²) in [5.41, 5.74) is 1.53. The highest BCUT2D eigenvalue weighted by Gasteiger charge is 2.30. The fourth-order valence-corrected chi connectivity index (χ4v) is 3.84. The van der Waals surface area contributed by atoms with Crippen LogP contribution < -0.4 is 16.0 Å². The maximum atomic E-state index is 13.2. The first-order chi connectivity index (χ1) is 19.1. The number of carbonyl (C=O) groups is 4. The number of urea groups is 1. The number of likely N-dealkylation sites (N-methyl/N-ethyl adjacent to an activating group) is 1. The van der Waals surface area contributed by atoms with Crippen LogP contribution in [0.15, 0.2) is 60.7 Å². The van der Waals surface area contributed by atoms with Crippen molar-refractivity contribution < 1.29 is 34.1 Å². The minimum atomic E-state index is -1.46. The van der Waals surface area contributed by atoms with Crippen LogP contribution in [-0.2, 0) is 27.4 Å². The molecule has 5 N–H and O–H groups in total. The van der Waals surface area contributed by atoms with Gasteiger partial charge in [0.15, 0.2) is 0 Å². The highest BCUT2D eigenvalue weighted by Crippen LogP contribution is 2.10. The van der Waals surface area contributed by atoms with Crippen LogP contribution in [0.3, 0.4) is 0 Å². The summed E-state index contributed by atoms with van der Waals surface area (Å²) >= 11 is 0. The fourth-order valence-electron chi connectivity index (χ4n) is 3.84. The molecule has 0 unspecified atom stereocenters. The van der Waals surface area contributed by atoms with Crippen LogP contribution in [0, 0.1) is 5.92 Å². The quantitative estimate of drug-likeness (QED) is 0.226. The maximum Gasteiger partial charge on any atom is 0.408 e. The Balaban J connectivity index is 2.14. The lowest BCUT2D eigenvalue weighted by molar-refractivity contribution is -0.140. The summed E-state index contributed by atoms with van der Waals surface area (Å²) in [6, 6.07) is 15.3. The summed E-state index contributed by atoms with van der Waals surface area (Å²) in [7, 11) is 0. The van der Waals surface area contributed by atoms with E-state index in [0.29, 0.717) is 13.1 Å². The number of aliphatic hydroxyl groups excluding tert-OH is 1. The third-order valence-electron chi connectivity index (χ3n) is 6.03. The van der Waals surface area contributed by atoms with Crippen molar-refractivity contribution in [2.24, 2.45) is 5.92 Å². The third-order valence-corrected chi connectivity index (χ3v) is 6.03. The molecule has 0 aliphatic carbocycles. The number of carbonyl (C=O) groups excluding carboxylic acids is 3. The second-order valence-electron chi connectivity index (χ2n) is 9.85. The van der Waals surface area contributed by atoms with E-state index in [1.807, 2.05) is 50.2 Å². The predicted molar refractivity (Wildman–Crippen MR) is 149 cm³/mol. The number of carboxylic acids is 1. The van der Waals surface area contributed by atoms with Crippen molar-refractivity contribution in [2.45, 2.75) is 58.4 Å². The van der Waals surface area contributed by atoms with Crippen molar-refractivity contribution in [3.8, 4) is 0 Å². The van der Waals surface area contributed by atoms with E-state index < -0.39 is 42.6 Å². The number of carboxylic acid groups (broad SMARTS) is 1. The molecular weight excluding hydrogens is 516 g/mol. The molecule has 218 valence electrons. The van der Waals surface area contributed by atoms with Crippen molar-refractivity contribution in [3.63, 3.8) is 0 Å². The minimum Gasteiger partial charge on any atom is -0.481 e. The van der Waals surface area contributed by atoms with Crippen molar-refractivity contribution in [2.75, 3.05) is 19.6 Å². The van der Waals surface area contributed by atoms with E-state index in [2.05, 4.69) is 16.0 Å². The molecule has 0 fully saturated rings. The summed E-state index contributed by atoms with van der Waals surface area (Å²) in [5, 5.41) is 28.3. The Kier molecular flexibility index (Phi) is 13.4. The van der Waals surface area contributed by atoms with E-state index in [0.717, 1.165) is 11.1 Å². The number of rotatable bonds is 15. The van der Waals surface area contributed by atoms with Crippen molar-refractivity contribution >= 4 is 24.0 Å². The van der Waals surface area contributed by atoms with E-state index in [4.69, 9.17) is 4.74 Å². The maximum absolute atomic E-state index is 13.2. The second-order valence-corrected chi connectivity index (χ2v) is 9.85. The number of hydrogen-bond donors (Lipinski definition) is 5. The molecule has 2 rings (SSSR count). The minimum absolute atomic E-state index is 0.0604. The number of alkyl carbamates (subject to hydrolysis) is 1. The third kappa shape index (κ3) is 11.7. The van der Waals surface area contributed by atoms with E-state index >= 15 is 0 Å². The predicted octanol–water partition coefficient (Wildman–Crippen LogP) is 2.53. The largest absolute Gasteiger partial charge is 0.481 e. The zero-order valence-corrected chi connectivity index (χ0v) is 23.2. The summed E-state index contributed by atoms with van der Waals surface area (Å²) in [5.74, 6) is -1.86. The molecule has 0 heterocycles. The summed E-state index contributed by atoms with van der Waals surface area (Å²) < 4.78 is 5.15. The summed E-state index contributed by atoms with van der Waals surface area (Å²) in [6.07, 6.45) is -2.63. The molecule has 11 nitrogen and oxygen atoms in total. The Morgan fingerprint density at radius 3 is 2.08 bits per heavy atom. The van der Waals surface area contributed by atoms with E-state index in [-0.39, 0.29) is 31.5 Å². The molecule has 40 heavy (non-hydrogen) atoms. The highest BCUT2D eigenvalue weighted by atomic mass is 16.5. The Hall–Kier alpha value is -4.12. The van der Waals surface area contributed by atoms with Gasteiger partial charge in [0, 0.05) is 13.1 Å². The van der Waals surface area contributed by atoms with Gasteiger partial charge in [-0.05, 0) is 30.4 Å². The molecule has 0 radical (unpaired) electrons. The standard InChI is InChI=1S/C29H40N4O7/c1-4-33(28(38)30-17-20(2)3)18-25(34)23(15-21-11-7-5-8-12-21)31-27(37)24(16-26(35)36)32-29(39)40-19-22-13-9-6-10-14-22/h5-14,20,23-25,34H,4,15-19H2,1-3H3,(H,30,38)(H,31,37)(H,32,39)(H,35,36)/t23-,24-,25+/m0/s1. The molecule has 0 bridgehead atoms. The van der Waals surface area contributed by atoms with Crippen LogP contribution in [-0.4, -0.2) is 76.9 Å². The molecule has 2 aromatic rings. The molecule has 0 aliphatic rings. The van der Waals surface area contributed by atoms with Gasteiger partial charge in [-0.25, -0.2) is 9.59 Å². The molecule has 4 amide bonds. The lowest BCUT2D eigenvalue weighted by Gasteiger charge is -2.31. The molecule has 0 spiro atoms. The number of aliphatic carboxylic acids is 1. The average molecular weight is 557 g/mol. The van der Waals surface area contributed by atoms with Crippen LogP contribution >= 0.6 is 0 Å². The smallest absolute Gasteiger partial charge is 0.408 e. The topological polar surface area (TPSA) is 157 Å². The van der Waals surface area contributed by atoms with E-state index in [1.54, 1.807) is 31.2 Å². The van der Waals surface area contributed by atoms with Gasteiger partial charge in [-0.1, -0.05) is 74.5 Å². The Bertz CT molecular complexity index is 1080. The van der Waals surface area contributed by atoms with Crippen LogP contribution in [0.4, 0.5) is 9.59 Å². The first-order valence-electron chi connectivity index (χ1n) is 13.3. The number of hydrogen-bond acceptors (Lipinski definition) is 6. The zero-order valence-electron chi connectivity index (χ0n) is 23.2. The average Bonchev–Trinajstić information content (AvgIpc) is 2.93. The monoisotopic (exact) mass is 556 g/mol. The second kappa shape index (κ2) is 16.8. The number of ether oxygens (including phenoxy) is 1. The lowest BCUT2D eigenvalue weighted by Crippen LogP contribution is -2.56. The van der Waals surface area contributed by atoms with Gasteiger partial charge in [0.1, 0.15) is 12.6 Å². The SMILES string of the molecule is CCN(C[C@@H](O)[C@H](Cc1ccccc1)NC(=O)[C@H](CC(=O)O)NC(=O)OCc1ccccc1)C(=O)NCC(C)C. The number of aliphatic hydroxyl groups is 1. The van der Waals surface area contributed by atoms with Gasteiger partial charge < -0.3 is 35.8 Å². The van der Waals surface area contributed by atoms with Crippen LogP contribution in [0.5, 0.6) is 0 Å². The summed E-state index contributed by atoms with van der Waals surface area (Å²) in [6.45, 7) is 6.37. The normalized spacial score (nSPS) is 13.0. The Morgan fingerprint density at radius 1 is 0.925 bits per heavy atom. The fraction of sp³-hybridized carbons (Fsp3) is 0.448. The molecule has 3 atom stereocenters. The molecule has 11 heteroatoms. The van der Waals surface area contributed by atoms with E-state index in [9.17, 15) is 29.4 Å². The van der Waals surface area contributed by atoms with Gasteiger partial charge in [-0.2, -0.15) is 0 Å². The van der Waals surface area contributed by atoms with Crippen molar-refractivity contribution in [1.29, 1.82) is 0 Å². The molecular formula is C29H40N4O7. The lowest BCUT2D eigenvalue weighted by atomic mass is 10.00. The van der Waals surface area contributed by atoms with Gasteiger partial charge in [-0.15, -0.1) is 0 Å². The first kappa shape index (κ1) is 32.1. The molecule has 2 aromatic carbocycles. The van der Waals surface area contributed by atoms with Gasteiger partial charge in [0.25, 0.3) is 0 Å². The van der Waals surface area contributed by atoms with Gasteiger partial charge in [-0.3, -0.25) is 9.59 Å². The Morgan fingerprint density at radius 2 is 1.52 bits per heavy atom. The number of nitrogens with zero attached hydrogens (tertiary/aromatic N) is 1. The van der Waals surface area contributed by atoms with Crippen molar-refractivity contribution in [1.82, 2.24) is 20.9 Å². The molecule has 0 saturated carbocycles.